The molecule has 0 radical (unpaired) electrons. The van der Waals surface area contributed by atoms with Crippen LogP contribution in [0.5, 0.6) is 5.88 Å². The molecule has 1 aromatic carbocycles. The highest BCUT2D eigenvalue weighted by Crippen LogP contribution is 2.36. The van der Waals surface area contributed by atoms with Gasteiger partial charge in [0.05, 0.1) is 18.2 Å². The number of carbonyl (C=O) groups is 1. The third-order valence-electron chi connectivity index (χ3n) is 6.01. The van der Waals surface area contributed by atoms with Crippen LogP contribution in [0.4, 0.5) is 0 Å². The van der Waals surface area contributed by atoms with E-state index in [0.29, 0.717) is 29.6 Å². The number of pyridine rings is 1. The first-order valence-corrected chi connectivity index (χ1v) is 10.6. The Morgan fingerprint density at radius 3 is 3.00 bits per heavy atom. The van der Waals surface area contributed by atoms with Crippen molar-refractivity contribution in [3.05, 3.63) is 58.9 Å². The van der Waals surface area contributed by atoms with Crippen molar-refractivity contribution in [2.24, 2.45) is 10.1 Å². The molecule has 0 saturated carbocycles. The van der Waals surface area contributed by atoms with Crippen LogP contribution < -0.4 is 4.74 Å². The number of aromatic nitrogens is 1. The second-order valence-electron chi connectivity index (χ2n) is 7.80. The molecule has 1 aromatic heterocycles. The van der Waals surface area contributed by atoms with Crippen LogP contribution in [0.2, 0.25) is 0 Å². The first kappa shape index (κ1) is 19.8. The van der Waals surface area contributed by atoms with E-state index in [4.69, 9.17) is 16.3 Å². The molecular formula is C23H22ClN5O2. The molecule has 0 N–H and O–H groups in total. The molecule has 7 nitrogen and oxygen atoms in total. The number of methoxy groups -OCH3 is 1. The van der Waals surface area contributed by atoms with Gasteiger partial charge in [0.1, 0.15) is 11.9 Å². The molecule has 0 aliphatic carbocycles. The molecule has 5 rings (SSSR count). The topological polar surface area (TPSA) is 70.4 Å². The van der Waals surface area contributed by atoms with E-state index in [0.717, 1.165) is 23.1 Å². The first-order valence-electron chi connectivity index (χ1n) is 10.2. The molecule has 4 heterocycles. The molecule has 3 aliphatic heterocycles. The maximum atomic E-state index is 13.3. The molecule has 0 spiro atoms. The Morgan fingerprint density at radius 1 is 1.29 bits per heavy atom. The number of carbonyl (C=O) groups excluding carboxylic acids is 1. The van der Waals surface area contributed by atoms with Gasteiger partial charge < -0.3 is 9.64 Å². The van der Waals surface area contributed by atoms with Crippen LogP contribution in [-0.2, 0) is 11.2 Å². The Kier molecular flexibility index (Phi) is 4.98. The summed E-state index contributed by atoms with van der Waals surface area (Å²) in [7, 11) is 1.62. The van der Waals surface area contributed by atoms with E-state index in [1.165, 1.54) is 5.56 Å². The minimum absolute atomic E-state index is 0.0448. The van der Waals surface area contributed by atoms with E-state index in [-0.39, 0.29) is 18.1 Å². The molecule has 3 aliphatic rings. The van der Waals surface area contributed by atoms with Gasteiger partial charge in [-0.15, -0.1) is 0 Å². The molecule has 1 amide bonds. The number of ether oxygens (including phenoxy) is 1. The zero-order chi connectivity index (χ0) is 21.5. The number of amides is 1. The Morgan fingerprint density at radius 2 is 2.16 bits per heavy atom. The molecular weight excluding hydrogens is 414 g/mol. The van der Waals surface area contributed by atoms with Crippen LogP contribution in [0.25, 0.3) is 11.1 Å². The summed E-state index contributed by atoms with van der Waals surface area (Å²) in [4.78, 5) is 23.9. The number of allylic oxidation sites excluding steroid dienone is 1. The number of hydrogen-bond donors (Lipinski definition) is 0. The zero-order valence-corrected chi connectivity index (χ0v) is 18.1. The minimum Gasteiger partial charge on any atom is -0.481 e. The van der Waals surface area contributed by atoms with Gasteiger partial charge in [-0.05, 0) is 48.2 Å². The standard InChI is InChI=1S/C23H22ClN5O2/c1-14-19-10-16(18-4-3-8-25-22(18)31-2)6-5-15(19)7-9-28(14)23(30)20-11-21-26-12-17(24)13-29(21)27-20/h3-6,8,10,12-14,21H,7,9,11H2,1-2H3. The fourth-order valence-electron chi connectivity index (χ4n) is 4.39. The van der Waals surface area contributed by atoms with E-state index >= 15 is 0 Å². The van der Waals surface area contributed by atoms with Crippen LogP contribution in [0.15, 0.2) is 57.9 Å². The lowest BCUT2D eigenvalue weighted by molar-refractivity contribution is -0.126. The van der Waals surface area contributed by atoms with Crippen LogP contribution in [0.3, 0.4) is 0 Å². The number of hydrazone groups is 1. The zero-order valence-electron chi connectivity index (χ0n) is 17.3. The normalized spacial score (nSPS) is 21.9. The predicted octanol–water partition coefficient (Wildman–Crippen LogP) is 3.76. The molecule has 8 heteroatoms. The Bertz CT molecular complexity index is 1140. The maximum absolute atomic E-state index is 13.3. The maximum Gasteiger partial charge on any atom is 0.270 e. The molecule has 0 bridgehead atoms. The SMILES string of the molecule is COc1ncccc1-c1ccc2c(c1)C(C)N(C(=O)C1=NN3C=C(Cl)C=NC3C1)CC2. The second-order valence-corrected chi connectivity index (χ2v) is 8.24. The van der Waals surface area contributed by atoms with Crippen molar-refractivity contribution in [1.29, 1.82) is 0 Å². The van der Waals surface area contributed by atoms with Gasteiger partial charge in [0.2, 0.25) is 5.88 Å². The average Bonchev–Trinajstić information content (AvgIpc) is 3.22. The van der Waals surface area contributed by atoms with Crippen LogP contribution >= 0.6 is 11.6 Å². The van der Waals surface area contributed by atoms with Crippen molar-refractivity contribution in [3.63, 3.8) is 0 Å². The van der Waals surface area contributed by atoms with Gasteiger partial charge in [-0.25, -0.2) is 9.99 Å². The van der Waals surface area contributed by atoms with E-state index in [9.17, 15) is 4.79 Å². The monoisotopic (exact) mass is 435 g/mol. The number of aliphatic imine (C=N–C) groups is 1. The third-order valence-corrected chi connectivity index (χ3v) is 6.21. The summed E-state index contributed by atoms with van der Waals surface area (Å²) >= 11 is 6.02. The van der Waals surface area contributed by atoms with Crippen LogP contribution in [0, 0.1) is 0 Å². The van der Waals surface area contributed by atoms with E-state index in [1.807, 2.05) is 17.0 Å². The minimum atomic E-state index is -0.182. The van der Waals surface area contributed by atoms with Gasteiger partial charge >= 0.3 is 0 Å². The summed E-state index contributed by atoms with van der Waals surface area (Å²) in [5.41, 5.74) is 4.87. The number of nitrogens with zero attached hydrogens (tertiary/aromatic N) is 5. The molecule has 2 unspecified atom stereocenters. The van der Waals surface area contributed by atoms with Crippen LogP contribution in [0.1, 0.15) is 30.5 Å². The smallest absolute Gasteiger partial charge is 0.270 e. The summed E-state index contributed by atoms with van der Waals surface area (Å²) in [5, 5.41) is 6.65. The number of benzene rings is 1. The van der Waals surface area contributed by atoms with E-state index in [1.54, 1.807) is 30.7 Å². The summed E-state index contributed by atoms with van der Waals surface area (Å²) < 4.78 is 5.43. The first-order chi connectivity index (χ1) is 15.0. The van der Waals surface area contributed by atoms with Crippen LogP contribution in [-0.4, -0.2) is 52.5 Å². The van der Waals surface area contributed by atoms with Crippen molar-refractivity contribution in [1.82, 2.24) is 14.9 Å². The third kappa shape index (κ3) is 3.49. The largest absolute Gasteiger partial charge is 0.481 e. The molecule has 0 fully saturated rings. The van der Waals surface area contributed by atoms with Gasteiger partial charge in [-0.3, -0.25) is 9.79 Å². The summed E-state index contributed by atoms with van der Waals surface area (Å²) in [6, 6.07) is 10.2. The molecule has 2 atom stereocenters. The Hall–Kier alpha value is -3.19. The molecule has 0 saturated heterocycles. The Labute approximate surface area is 185 Å². The van der Waals surface area contributed by atoms with Crippen molar-refractivity contribution in [2.45, 2.75) is 32.0 Å². The lowest BCUT2D eigenvalue weighted by Gasteiger charge is -2.35. The average molecular weight is 436 g/mol. The number of fused-ring (bicyclic) bond motifs is 2. The van der Waals surface area contributed by atoms with Gasteiger partial charge in [0.15, 0.2) is 0 Å². The van der Waals surface area contributed by atoms with Crippen molar-refractivity contribution in [2.75, 3.05) is 13.7 Å². The molecule has 158 valence electrons. The van der Waals surface area contributed by atoms with E-state index < -0.39 is 0 Å². The van der Waals surface area contributed by atoms with Crippen molar-refractivity contribution >= 4 is 29.4 Å². The van der Waals surface area contributed by atoms with Gasteiger partial charge in [-0.2, -0.15) is 5.10 Å². The number of hydrogen-bond acceptors (Lipinski definition) is 6. The lowest BCUT2D eigenvalue weighted by atomic mass is 9.90. The highest BCUT2D eigenvalue weighted by atomic mass is 35.5. The number of halogens is 1. The summed E-state index contributed by atoms with van der Waals surface area (Å²) in [6.07, 6.45) is 6.14. The highest BCUT2D eigenvalue weighted by molar-refractivity contribution is 6.40. The van der Waals surface area contributed by atoms with Gasteiger partial charge in [0, 0.05) is 37.1 Å². The summed E-state index contributed by atoms with van der Waals surface area (Å²) in [6.45, 7) is 2.73. The van der Waals surface area contributed by atoms with Gasteiger partial charge in [0.25, 0.3) is 5.91 Å². The quantitative estimate of drug-likeness (QED) is 0.736. The molecule has 31 heavy (non-hydrogen) atoms. The molecule has 2 aromatic rings. The fraction of sp³-hybridized carbons (Fsp3) is 0.304. The summed E-state index contributed by atoms with van der Waals surface area (Å²) in [5.74, 6) is 0.541. The predicted molar refractivity (Wildman–Crippen MR) is 120 cm³/mol. The van der Waals surface area contributed by atoms with E-state index in [2.05, 4.69) is 40.2 Å². The number of rotatable bonds is 3. The highest BCUT2D eigenvalue weighted by Gasteiger charge is 2.36. The second kappa shape index (κ2) is 7.81. The van der Waals surface area contributed by atoms with Gasteiger partial charge in [-0.1, -0.05) is 23.7 Å². The lowest BCUT2D eigenvalue weighted by Crippen LogP contribution is -2.42. The fourth-order valence-corrected chi connectivity index (χ4v) is 4.55. The van der Waals surface area contributed by atoms with Crippen molar-refractivity contribution < 1.29 is 9.53 Å². The Balaban J connectivity index is 1.43. The van der Waals surface area contributed by atoms with Crippen molar-refractivity contribution in [3.8, 4) is 17.0 Å².